The molecule has 0 saturated carbocycles. The fourth-order valence-electron chi connectivity index (χ4n) is 3.62. The fourth-order valence-corrected chi connectivity index (χ4v) is 3.85. The van der Waals surface area contributed by atoms with Crippen LogP contribution in [0, 0.1) is 0 Å². The number of imidazole rings is 1. The lowest BCUT2D eigenvalue weighted by Crippen LogP contribution is -2.11. The highest BCUT2D eigenvalue weighted by molar-refractivity contribution is 6.33. The molecule has 0 spiro atoms. The maximum Gasteiger partial charge on any atom is 0.347 e. The highest BCUT2D eigenvalue weighted by Gasteiger charge is 2.19. The summed E-state index contributed by atoms with van der Waals surface area (Å²) in [5.41, 5.74) is 2.68. The lowest BCUT2D eigenvalue weighted by atomic mass is 10.0. The topological polar surface area (TPSA) is 64.2 Å². The summed E-state index contributed by atoms with van der Waals surface area (Å²) in [5, 5.41) is 2.32. The quantitative estimate of drug-likeness (QED) is 0.271. The summed E-state index contributed by atoms with van der Waals surface area (Å²) < 4.78 is 11.1. The molecule has 5 rings (SSSR count). The predicted molar refractivity (Wildman–Crippen MR) is 122 cm³/mol. The van der Waals surface area contributed by atoms with Crippen molar-refractivity contribution >= 4 is 39.4 Å². The van der Waals surface area contributed by atoms with Gasteiger partial charge in [0.15, 0.2) is 0 Å². The third-order valence-electron chi connectivity index (χ3n) is 5.11. The van der Waals surface area contributed by atoms with E-state index in [1.54, 1.807) is 24.3 Å². The van der Waals surface area contributed by atoms with Crippen LogP contribution < -0.4 is 9.47 Å². The SMILES string of the molecule is COc1ccc2ccccc2c1C(=O)Oc1ccc2nc(-c3ccccc3Cl)[nH]c2c1. The lowest BCUT2D eigenvalue weighted by Gasteiger charge is -2.11. The van der Waals surface area contributed by atoms with Crippen molar-refractivity contribution in [1.82, 2.24) is 9.97 Å². The van der Waals surface area contributed by atoms with Crippen LogP contribution in [0.2, 0.25) is 5.02 Å². The molecular formula is C25H17ClN2O3. The van der Waals surface area contributed by atoms with E-state index < -0.39 is 5.97 Å². The van der Waals surface area contributed by atoms with Crippen LogP contribution in [0.4, 0.5) is 0 Å². The minimum absolute atomic E-state index is 0.391. The van der Waals surface area contributed by atoms with Gasteiger partial charge in [-0.05, 0) is 41.1 Å². The van der Waals surface area contributed by atoms with E-state index in [1.807, 2.05) is 54.6 Å². The van der Waals surface area contributed by atoms with E-state index in [2.05, 4.69) is 9.97 Å². The first kappa shape index (κ1) is 19.2. The van der Waals surface area contributed by atoms with Gasteiger partial charge in [0.2, 0.25) is 0 Å². The van der Waals surface area contributed by atoms with Gasteiger partial charge in [-0.25, -0.2) is 9.78 Å². The van der Waals surface area contributed by atoms with Gasteiger partial charge in [-0.15, -0.1) is 0 Å². The van der Waals surface area contributed by atoms with Crippen LogP contribution in [0.5, 0.6) is 11.5 Å². The third-order valence-corrected chi connectivity index (χ3v) is 5.44. The van der Waals surface area contributed by atoms with E-state index in [0.717, 1.165) is 27.4 Å². The van der Waals surface area contributed by atoms with Gasteiger partial charge in [0, 0.05) is 11.6 Å². The maximum atomic E-state index is 13.1. The molecule has 4 aromatic carbocycles. The van der Waals surface area contributed by atoms with Gasteiger partial charge < -0.3 is 14.5 Å². The Bertz CT molecular complexity index is 1440. The van der Waals surface area contributed by atoms with Crippen LogP contribution >= 0.6 is 11.6 Å². The third kappa shape index (κ3) is 3.49. The number of nitrogens with zero attached hydrogens (tertiary/aromatic N) is 1. The molecule has 0 saturated heterocycles. The van der Waals surface area contributed by atoms with E-state index in [-0.39, 0.29) is 0 Å². The Morgan fingerprint density at radius 3 is 2.61 bits per heavy atom. The highest BCUT2D eigenvalue weighted by atomic mass is 35.5. The van der Waals surface area contributed by atoms with Crippen LogP contribution in [0.15, 0.2) is 78.9 Å². The molecule has 0 radical (unpaired) electrons. The second-order valence-electron chi connectivity index (χ2n) is 7.00. The minimum Gasteiger partial charge on any atom is -0.496 e. The first-order chi connectivity index (χ1) is 15.1. The molecule has 0 bridgehead atoms. The van der Waals surface area contributed by atoms with E-state index in [1.165, 1.54) is 7.11 Å². The number of H-pyrrole nitrogens is 1. The zero-order valence-electron chi connectivity index (χ0n) is 16.6. The highest BCUT2D eigenvalue weighted by Crippen LogP contribution is 2.31. The van der Waals surface area contributed by atoms with Crippen molar-refractivity contribution in [2.75, 3.05) is 7.11 Å². The van der Waals surface area contributed by atoms with E-state index >= 15 is 0 Å². The number of aromatic amines is 1. The second kappa shape index (κ2) is 7.78. The van der Waals surface area contributed by atoms with Crippen molar-refractivity contribution in [2.24, 2.45) is 0 Å². The lowest BCUT2D eigenvalue weighted by molar-refractivity contribution is 0.0733. The Morgan fingerprint density at radius 2 is 1.77 bits per heavy atom. The van der Waals surface area contributed by atoms with Crippen LogP contribution in [-0.4, -0.2) is 23.0 Å². The molecule has 0 aliphatic rings. The van der Waals surface area contributed by atoms with Crippen molar-refractivity contribution in [3.05, 3.63) is 89.4 Å². The van der Waals surface area contributed by atoms with Crippen LogP contribution in [0.3, 0.4) is 0 Å². The smallest absolute Gasteiger partial charge is 0.347 e. The van der Waals surface area contributed by atoms with Gasteiger partial charge >= 0.3 is 5.97 Å². The fraction of sp³-hybridized carbons (Fsp3) is 0.0400. The molecule has 1 N–H and O–H groups in total. The molecule has 5 aromatic rings. The average molecular weight is 429 g/mol. The number of rotatable bonds is 4. The van der Waals surface area contributed by atoms with E-state index in [4.69, 9.17) is 21.1 Å². The molecule has 6 heteroatoms. The number of hydrogen-bond acceptors (Lipinski definition) is 4. The number of fused-ring (bicyclic) bond motifs is 2. The maximum absolute atomic E-state index is 13.1. The molecule has 0 amide bonds. The van der Waals surface area contributed by atoms with Crippen molar-refractivity contribution in [1.29, 1.82) is 0 Å². The Labute approximate surface area is 183 Å². The van der Waals surface area contributed by atoms with Gasteiger partial charge in [-0.1, -0.05) is 54.1 Å². The molecule has 5 nitrogen and oxygen atoms in total. The van der Waals surface area contributed by atoms with E-state index in [9.17, 15) is 4.79 Å². The summed E-state index contributed by atoms with van der Waals surface area (Å²) in [6.07, 6.45) is 0. The Morgan fingerprint density at radius 1 is 0.968 bits per heavy atom. The molecular weight excluding hydrogens is 412 g/mol. The normalized spacial score (nSPS) is 11.0. The standard InChI is InChI=1S/C25H17ClN2O3/c1-30-22-13-10-15-6-2-3-7-17(15)23(22)25(29)31-16-11-12-20-21(14-16)28-24(27-20)18-8-4-5-9-19(18)26/h2-14H,1H3,(H,27,28). The van der Waals surface area contributed by atoms with Gasteiger partial charge in [0.05, 0.1) is 23.2 Å². The van der Waals surface area contributed by atoms with Gasteiger partial charge in [0.25, 0.3) is 0 Å². The zero-order chi connectivity index (χ0) is 21.4. The van der Waals surface area contributed by atoms with Crippen LogP contribution in [0.1, 0.15) is 10.4 Å². The molecule has 152 valence electrons. The molecule has 0 unspecified atom stereocenters. The number of methoxy groups -OCH3 is 1. The Kier molecular flexibility index (Phi) is 4.81. The summed E-state index contributed by atoms with van der Waals surface area (Å²) in [6, 6.07) is 24.1. The minimum atomic E-state index is -0.487. The van der Waals surface area contributed by atoms with E-state index in [0.29, 0.717) is 27.9 Å². The summed E-state index contributed by atoms with van der Waals surface area (Å²) in [7, 11) is 1.54. The average Bonchev–Trinajstić information content (AvgIpc) is 3.21. The molecule has 0 atom stereocenters. The number of carbonyl (C=O) groups is 1. The number of esters is 1. The second-order valence-corrected chi connectivity index (χ2v) is 7.40. The zero-order valence-corrected chi connectivity index (χ0v) is 17.3. The largest absolute Gasteiger partial charge is 0.496 e. The molecule has 0 aliphatic carbocycles. The summed E-state index contributed by atoms with van der Waals surface area (Å²) in [4.78, 5) is 20.9. The summed E-state index contributed by atoms with van der Waals surface area (Å²) in [5.74, 6) is 1.04. The number of nitrogens with one attached hydrogen (secondary N) is 1. The molecule has 31 heavy (non-hydrogen) atoms. The molecule has 1 aromatic heterocycles. The number of hydrogen-bond donors (Lipinski definition) is 1. The Hall–Kier alpha value is -3.83. The predicted octanol–water partition coefficient (Wildman–Crippen LogP) is 6.26. The number of carbonyl (C=O) groups excluding carboxylic acids is 1. The Balaban J connectivity index is 1.51. The summed E-state index contributed by atoms with van der Waals surface area (Å²) >= 11 is 6.29. The van der Waals surface area contributed by atoms with Gasteiger partial charge in [-0.2, -0.15) is 0 Å². The van der Waals surface area contributed by atoms with Gasteiger partial charge in [-0.3, -0.25) is 0 Å². The summed E-state index contributed by atoms with van der Waals surface area (Å²) in [6.45, 7) is 0. The van der Waals surface area contributed by atoms with Crippen molar-refractivity contribution < 1.29 is 14.3 Å². The van der Waals surface area contributed by atoms with Crippen LogP contribution in [-0.2, 0) is 0 Å². The van der Waals surface area contributed by atoms with Crippen molar-refractivity contribution in [3.8, 4) is 22.9 Å². The van der Waals surface area contributed by atoms with Gasteiger partial charge in [0.1, 0.15) is 22.9 Å². The van der Waals surface area contributed by atoms with Crippen molar-refractivity contribution in [2.45, 2.75) is 0 Å². The molecule has 1 heterocycles. The molecule has 0 aliphatic heterocycles. The number of halogens is 1. The first-order valence-electron chi connectivity index (χ1n) is 9.66. The van der Waals surface area contributed by atoms with Crippen molar-refractivity contribution in [3.63, 3.8) is 0 Å². The number of aromatic nitrogens is 2. The monoisotopic (exact) mass is 428 g/mol. The first-order valence-corrected chi connectivity index (χ1v) is 10.0. The number of ether oxygens (including phenoxy) is 2. The number of benzene rings is 4. The van der Waals surface area contributed by atoms with Crippen LogP contribution in [0.25, 0.3) is 33.2 Å². The molecule has 0 fully saturated rings.